The van der Waals surface area contributed by atoms with Crippen LogP contribution in [0.4, 0.5) is 15.3 Å². The summed E-state index contributed by atoms with van der Waals surface area (Å²) in [6, 6.07) is 9.39. The van der Waals surface area contributed by atoms with E-state index in [1.807, 2.05) is 0 Å². The molecule has 0 aliphatic carbocycles. The fourth-order valence-corrected chi connectivity index (χ4v) is 3.87. The summed E-state index contributed by atoms with van der Waals surface area (Å²) in [6.07, 6.45) is 0.375. The summed E-state index contributed by atoms with van der Waals surface area (Å²) in [5.74, 6) is -0.558. The molecule has 2 atom stereocenters. The molecule has 0 saturated heterocycles. The molecular weight excluding hydrogens is 510 g/mol. The molecule has 0 radical (unpaired) electrons. The van der Waals surface area contributed by atoms with E-state index in [-0.39, 0.29) is 26.2 Å². The van der Waals surface area contributed by atoms with Crippen LogP contribution in [0.2, 0.25) is 0 Å². The summed E-state index contributed by atoms with van der Waals surface area (Å²) in [5, 5.41) is 20.1. The lowest BCUT2D eigenvalue weighted by Crippen LogP contribution is -2.50. The molecule has 3 rings (SSSR count). The highest BCUT2D eigenvalue weighted by Gasteiger charge is 2.25. The third kappa shape index (κ3) is 9.29. The number of nitrogens with two attached hydrogens (primary N) is 1. The Balaban J connectivity index is 1.64. The molecule has 2 aromatic rings. The molecule has 1 heterocycles. The number of anilines is 1. The van der Waals surface area contributed by atoms with Crippen LogP contribution in [0.5, 0.6) is 11.5 Å². The summed E-state index contributed by atoms with van der Waals surface area (Å²) in [5.41, 5.74) is 7.64. The minimum atomic E-state index is -1.12. The van der Waals surface area contributed by atoms with Gasteiger partial charge in [-0.3, -0.25) is 9.59 Å². The highest BCUT2D eigenvalue weighted by atomic mass is 16.7. The SMILES string of the molecule is COC(=O)NCCCC[C@H](NC(=O)N[C@@H](CC(=O)O)c1ccc2c(c1)OCO2)C(=O)NCc1ccc(N)cc1. The number of rotatable bonds is 13. The predicted octanol–water partition coefficient (Wildman–Crippen LogP) is 2.02. The van der Waals surface area contributed by atoms with E-state index in [9.17, 15) is 24.3 Å². The van der Waals surface area contributed by atoms with Gasteiger partial charge in [-0.1, -0.05) is 18.2 Å². The van der Waals surface area contributed by atoms with Crippen LogP contribution in [-0.4, -0.2) is 55.6 Å². The molecule has 0 bridgehead atoms. The van der Waals surface area contributed by atoms with E-state index in [1.165, 1.54) is 7.11 Å². The van der Waals surface area contributed by atoms with Gasteiger partial charge in [-0.05, 0) is 54.7 Å². The van der Waals surface area contributed by atoms with Gasteiger partial charge in [-0.15, -0.1) is 0 Å². The topological polar surface area (TPSA) is 190 Å². The van der Waals surface area contributed by atoms with Crippen molar-refractivity contribution in [1.29, 1.82) is 0 Å². The number of alkyl carbamates (subject to hydrolysis) is 1. The van der Waals surface area contributed by atoms with Crippen molar-refractivity contribution in [2.45, 2.75) is 44.3 Å². The van der Waals surface area contributed by atoms with Gasteiger partial charge in [0.05, 0.1) is 19.6 Å². The van der Waals surface area contributed by atoms with Crippen molar-refractivity contribution >= 4 is 29.7 Å². The molecule has 13 nitrogen and oxygen atoms in total. The predicted molar refractivity (Wildman–Crippen MR) is 140 cm³/mol. The minimum absolute atomic E-state index is 0.0542. The quantitative estimate of drug-likeness (QED) is 0.162. The summed E-state index contributed by atoms with van der Waals surface area (Å²) in [4.78, 5) is 48.7. The monoisotopic (exact) mass is 543 g/mol. The fourth-order valence-electron chi connectivity index (χ4n) is 3.87. The van der Waals surface area contributed by atoms with Crippen LogP contribution in [0.25, 0.3) is 0 Å². The van der Waals surface area contributed by atoms with Crippen molar-refractivity contribution < 1.29 is 38.5 Å². The van der Waals surface area contributed by atoms with Gasteiger partial charge in [0, 0.05) is 18.8 Å². The molecule has 39 heavy (non-hydrogen) atoms. The lowest BCUT2D eigenvalue weighted by Gasteiger charge is -2.22. The molecule has 210 valence electrons. The van der Waals surface area contributed by atoms with Crippen molar-refractivity contribution in [3.05, 3.63) is 53.6 Å². The number of hydrogen-bond acceptors (Lipinski definition) is 8. The molecule has 7 N–H and O–H groups in total. The molecular formula is C26H33N5O8. The van der Waals surface area contributed by atoms with Crippen LogP contribution in [0.1, 0.15) is 42.9 Å². The summed E-state index contributed by atoms with van der Waals surface area (Å²) in [6.45, 7) is 0.615. The van der Waals surface area contributed by atoms with Crippen LogP contribution in [-0.2, 0) is 20.9 Å². The second kappa shape index (κ2) is 14.3. The van der Waals surface area contributed by atoms with Crippen molar-refractivity contribution in [3.8, 4) is 11.5 Å². The fraction of sp³-hybridized carbons (Fsp3) is 0.385. The number of unbranched alkanes of at least 4 members (excludes halogenated alkanes) is 1. The first kappa shape index (κ1) is 28.9. The average molecular weight is 544 g/mol. The zero-order valence-corrected chi connectivity index (χ0v) is 21.5. The third-order valence-corrected chi connectivity index (χ3v) is 5.93. The Bertz CT molecular complexity index is 1160. The van der Waals surface area contributed by atoms with E-state index >= 15 is 0 Å². The number of nitrogens with one attached hydrogen (secondary N) is 4. The van der Waals surface area contributed by atoms with Gasteiger partial charge in [-0.2, -0.15) is 0 Å². The van der Waals surface area contributed by atoms with Crippen LogP contribution in [0.3, 0.4) is 0 Å². The Labute approximate surface area is 225 Å². The lowest BCUT2D eigenvalue weighted by molar-refractivity contribution is -0.137. The van der Waals surface area contributed by atoms with Crippen LogP contribution in [0.15, 0.2) is 42.5 Å². The number of urea groups is 1. The highest BCUT2D eigenvalue weighted by molar-refractivity contribution is 5.87. The Morgan fingerprint density at radius 3 is 2.46 bits per heavy atom. The van der Waals surface area contributed by atoms with Crippen LogP contribution >= 0.6 is 0 Å². The highest BCUT2D eigenvalue weighted by Crippen LogP contribution is 2.34. The van der Waals surface area contributed by atoms with Crippen molar-refractivity contribution in [2.75, 3.05) is 26.2 Å². The van der Waals surface area contributed by atoms with Crippen molar-refractivity contribution in [2.24, 2.45) is 0 Å². The van der Waals surface area contributed by atoms with Gasteiger partial charge in [-0.25, -0.2) is 9.59 Å². The molecule has 0 aromatic heterocycles. The van der Waals surface area contributed by atoms with Crippen LogP contribution in [0, 0.1) is 0 Å². The second-order valence-electron chi connectivity index (χ2n) is 8.81. The molecule has 4 amide bonds. The zero-order chi connectivity index (χ0) is 28.2. The van der Waals surface area contributed by atoms with Gasteiger partial charge in [0.25, 0.3) is 0 Å². The number of benzene rings is 2. The first-order valence-corrected chi connectivity index (χ1v) is 12.4. The maximum atomic E-state index is 13.0. The number of amides is 4. The molecule has 0 fully saturated rings. The number of aliphatic carboxylic acids is 1. The number of carboxylic acid groups (broad SMARTS) is 1. The normalized spacial score (nSPS) is 13.1. The molecule has 13 heteroatoms. The number of hydrogen-bond donors (Lipinski definition) is 6. The number of methoxy groups -OCH3 is 1. The molecule has 0 spiro atoms. The van der Waals surface area contributed by atoms with Gasteiger partial charge in [0.1, 0.15) is 6.04 Å². The zero-order valence-electron chi connectivity index (χ0n) is 21.5. The molecule has 1 aliphatic heterocycles. The van der Waals surface area contributed by atoms with Gasteiger partial charge < -0.3 is 46.3 Å². The number of carbonyl (C=O) groups excluding carboxylic acids is 3. The number of carbonyl (C=O) groups is 4. The standard InChI is InChI=1S/C26H33N5O8/c1-37-26(36)28-11-3-2-4-19(24(34)29-14-16-5-8-18(27)9-6-16)30-25(35)31-20(13-23(32)33)17-7-10-21-22(12-17)39-15-38-21/h5-10,12,19-20H,2-4,11,13-15,27H2,1H3,(H,28,36)(H,29,34)(H,32,33)(H2,30,31,35)/t19-,20-/m0/s1. The summed E-state index contributed by atoms with van der Waals surface area (Å²) in [7, 11) is 1.26. The van der Waals surface area contributed by atoms with Gasteiger partial charge in [0.2, 0.25) is 12.7 Å². The van der Waals surface area contributed by atoms with Crippen molar-refractivity contribution in [1.82, 2.24) is 21.3 Å². The van der Waals surface area contributed by atoms with Crippen LogP contribution < -0.4 is 36.5 Å². The van der Waals surface area contributed by atoms with Gasteiger partial charge in [0.15, 0.2) is 11.5 Å². The molecule has 0 saturated carbocycles. The summed E-state index contributed by atoms with van der Waals surface area (Å²) < 4.78 is 15.2. The number of ether oxygens (including phenoxy) is 3. The Morgan fingerprint density at radius 1 is 1.00 bits per heavy atom. The third-order valence-electron chi connectivity index (χ3n) is 5.93. The Morgan fingerprint density at radius 2 is 1.74 bits per heavy atom. The summed E-state index contributed by atoms with van der Waals surface area (Å²) >= 11 is 0. The van der Waals surface area contributed by atoms with E-state index in [1.54, 1.807) is 42.5 Å². The first-order valence-electron chi connectivity index (χ1n) is 12.4. The smallest absolute Gasteiger partial charge is 0.406 e. The largest absolute Gasteiger partial charge is 0.481 e. The lowest BCUT2D eigenvalue weighted by atomic mass is 10.0. The number of fused-ring (bicyclic) bond motifs is 1. The second-order valence-corrected chi connectivity index (χ2v) is 8.81. The maximum absolute atomic E-state index is 13.0. The van der Waals surface area contributed by atoms with E-state index in [0.29, 0.717) is 42.1 Å². The van der Waals surface area contributed by atoms with E-state index < -0.39 is 36.1 Å². The maximum Gasteiger partial charge on any atom is 0.406 e. The average Bonchev–Trinajstić information content (AvgIpc) is 3.39. The Kier molecular flexibility index (Phi) is 10.6. The molecule has 0 unspecified atom stereocenters. The Hall–Kier alpha value is -4.68. The molecule has 1 aliphatic rings. The molecule has 2 aromatic carbocycles. The minimum Gasteiger partial charge on any atom is -0.481 e. The van der Waals surface area contributed by atoms with Crippen molar-refractivity contribution in [3.63, 3.8) is 0 Å². The van der Waals surface area contributed by atoms with Gasteiger partial charge >= 0.3 is 18.1 Å². The van der Waals surface area contributed by atoms with E-state index in [2.05, 4.69) is 26.0 Å². The number of carboxylic acids is 1. The number of nitrogen functional groups attached to an aromatic ring is 1. The van der Waals surface area contributed by atoms with E-state index in [4.69, 9.17) is 15.2 Å². The first-order chi connectivity index (χ1) is 18.7. The van der Waals surface area contributed by atoms with E-state index in [0.717, 1.165) is 5.56 Å².